The van der Waals surface area contributed by atoms with Crippen LogP contribution in [0.5, 0.6) is 0 Å². The zero-order chi connectivity index (χ0) is 21.3. The Bertz CT molecular complexity index is 1300. The van der Waals surface area contributed by atoms with E-state index in [4.69, 9.17) is 11.6 Å². The Labute approximate surface area is 178 Å². The van der Waals surface area contributed by atoms with Crippen molar-refractivity contribution >= 4 is 40.1 Å². The Hall–Kier alpha value is -3.70. The van der Waals surface area contributed by atoms with Crippen LogP contribution in [0.3, 0.4) is 0 Å². The summed E-state index contributed by atoms with van der Waals surface area (Å²) >= 11 is 5.97. The van der Waals surface area contributed by atoms with Gasteiger partial charge in [-0.05, 0) is 48.4 Å². The molecule has 0 atom stereocenters. The minimum Gasteiger partial charge on any atom is -0.478 e. The first-order valence-electron chi connectivity index (χ1n) is 9.23. The van der Waals surface area contributed by atoms with Crippen LogP contribution in [-0.4, -0.2) is 22.0 Å². The quantitative estimate of drug-likeness (QED) is 0.439. The van der Waals surface area contributed by atoms with Crippen LogP contribution in [0.4, 0.5) is 5.69 Å². The summed E-state index contributed by atoms with van der Waals surface area (Å²) in [6.45, 7) is 1.70. The summed E-state index contributed by atoms with van der Waals surface area (Å²) in [6.07, 6.45) is 1.74. The highest BCUT2D eigenvalue weighted by molar-refractivity contribution is 6.31. The highest BCUT2D eigenvalue weighted by Crippen LogP contribution is 2.29. The van der Waals surface area contributed by atoms with Gasteiger partial charge in [0, 0.05) is 27.7 Å². The Morgan fingerprint density at radius 1 is 1.00 bits per heavy atom. The van der Waals surface area contributed by atoms with Crippen molar-refractivity contribution in [3.05, 3.63) is 94.6 Å². The maximum absolute atomic E-state index is 12.9. The van der Waals surface area contributed by atoms with Gasteiger partial charge in [-0.1, -0.05) is 48.0 Å². The van der Waals surface area contributed by atoms with Crippen LogP contribution in [-0.2, 0) is 0 Å². The molecule has 0 bridgehead atoms. The number of aromatic nitrogens is 1. The normalized spacial score (nSPS) is 10.7. The molecule has 30 heavy (non-hydrogen) atoms. The van der Waals surface area contributed by atoms with Gasteiger partial charge in [0.15, 0.2) is 0 Å². The highest BCUT2D eigenvalue weighted by Gasteiger charge is 2.17. The molecule has 5 nitrogen and oxygen atoms in total. The second-order valence-corrected chi connectivity index (χ2v) is 7.30. The van der Waals surface area contributed by atoms with E-state index in [9.17, 15) is 14.7 Å². The number of aromatic carboxylic acids is 1. The standard InChI is InChI=1S/C24H17ClN2O3/c1-14-11-18(25)13-20(24(29)30)21(14)27-23(28)17-7-2-6-16(12-17)19-9-3-5-15-8-4-10-26-22(15)19/h2-13H,1H3,(H,27,28)(H,29,30). The van der Waals surface area contributed by atoms with Crippen molar-refractivity contribution in [3.8, 4) is 11.1 Å². The molecule has 6 heteroatoms. The number of nitrogens with one attached hydrogen (secondary N) is 1. The molecule has 0 aliphatic carbocycles. The molecule has 0 aliphatic heterocycles. The third-order valence-corrected chi connectivity index (χ3v) is 5.06. The fourth-order valence-corrected chi connectivity index (χ4v) is 3.70. The van der Waals surface area contributed by atoms with E-state index in [1.54, 1.807) is 37.4 Å². The van der Waals surface area contributed by atoms with E-state index >= 15 is 0 Å². The van der Waals surface area contributed by atoms with Crippen molar-refractivity contribution in [2.75, 3.05) is 5.32 Å². The monoisotopic (exact) mass is 416 g/mol. The van der Waals surface area contributed by atoms with Crippen LogP contribution >= 0.6 is 11.6 Å². The van der Waals surface area contributed by atoms with Crippen molar-refractivity contribution in [1.82, 2.24) is 4.98 Å². The average Bonchev–Trinajstić information content (AvgIpc) is 2.75. The number of carbonyl (C=O) groups excluding carboxylic acids is 1. The van der Waals surface area contributed by atoms with Crippen molar-refractivity contribution in [2.24, 2.45) is 0 Å². The molecule has 0 spiro atoms. The van der Waals surface area contributed by atoms with Crippen molar-refractivity contribution < 1.29 is 14.7 Å². The topological polar surface area (TPSA) is 79.3 Å². The maximum atomic E-state index is 12.9. The molecule has 0 unspecified atom stereocenters. The molecule has 1 heterocycles. The molecule has 0 saturated carbocycles. The highest BCUT2D eigenvalue weighted by atomic mass is 35.5. The van der Waals surface area contributed by atoms with Crippen LogP contribution in [0.1, 0.15) is 26.3 Å². The number of nitrogens with zero attached hydrogens (tertiary/aromatic N) is 1. The largest absolute Gasteiger partial charge is 0.478 e. The first-order valence-corrected chi connectivity index (χ1v) is 9.61. The summed E-state index contributed by atoms with van der Waals surface area (Å²) in [5.41, 5.74) is 3.76. The Morgan fingerprint density at radius 2 is 1.77 bits per heavy atom. The van der Waals surface area contributed by atoms with Crippen LogP contribution in [0.15, 0.2) is 72.9 Å². The number of carboxylic acid groups (broad SMARTS) is 1. The van der Waals surface area contributed by atoms with E-state index in [-0.39, 0.29) is 11.3 Å². The van der Waals surface area contributed by atoms with E-state index in [0.29, 0.717) is 16.1 Å². The van der Waals surface area contributed by atoms with E-state index < -0.39 is 11.9 Å². The second kappa shape index (κ2) is 7.97. The summed E-state index contributed by atoms with van der Waals surface area (Å²) in [7, 11) is 0. The molecule has 1 aromatic heterocycles. The van der Waals surface area contributed by atoms with Gasteiger partial charge in [-0.25, -0.2) is 4.79 Å². The number of hydrogen-bond acceptors (Lipinski definition) is 3. The number of benzene rings is 3. The molecular weight excluding hydrogens is 400 g/mol. The van der Waals surface area contributed by atoms with Crippen molar-refractivity contribution in [2.45, 2.75) is 6.92 Å². The van der Waals surface area contributed by atoms with E-state index in [1.165, 1.54) is 6.07 Å². The Kier molecular flexibility index (Phi) is 5.21. The summed E-state index contributed by atoms with van der Waals surface area (Å²) in [5, 5.41) is 13.5. The smallest absolute Gasteiger partial charge is 0.337 e. The number of fused-ring (bicyclic) bond motifs is 1. The molecule has 1 amide bonds. The van der Waals surface area contributed by atoms with E-state index in [2.05, 4.69) is 10.3 Å². The number of carboxylic acids is 1. The third-order valence-electron chi connectivity index (χ3n) is 4.84. The number of pyridine rings is 1. The zero-order valence-electron chi connectivity index (χ0n) is 16.0. The maximum Gasteiger partial charge on any atom is 0.337 e. The van der Waals surface area contributed by atoms with Gasteiger partial charge < -0.3 is 10.4 Å². The number of carbonyl (C=O) groups is 2. The van der Waals surface area contributed by atoms with Crippen LogP contribution in [0, 0.1) is 6.92 Å². The van der Waals surface area contributed by atoms with Crippen molar-refractivity contribution in [1.29, 1.82) is 0 Å². The summed E-state index contributed by atoms with van der Waals surface area (Å²) in [4.78, 5) is 29.0. The summed E-state index contributed by atoms with van der Waals surface area (Å²) in [5.74, 6) is -1.57. The van der Waals surface area contributed by atoms with Gasteiger partial charge in [0.05, 0.1) is 16.8 Å². The molecule has 2 N–H and O–H groups in total. The predicted molar refractivity (Wildman–Crippen MR) is 118 cm³/mol. The molecule has 0 saturated heterocycles. The van der Waals surface area contributed by atoms with Gasteiger partial charge in [0.2, 0.25) is 0 Å². The van der Waals surface area contributed by atoms with Gasteiger partial charge in [-0.3, -0.25) is 9.78 Å². The lowest BCUT2D eigenvalue weighted by molar-refractivity contribution is 0.0698. The molecule has 0 radical (unpaired) electrons. The number of anilines is 1. The average molecular weight is 417 g/mol. The SMILES string of the molecule is Cc1cc(Cl)cc(C(=O)O)c1NC(=O)c1cccc(-c2cccc3cccnc23)c1. The molecular formula is C24H17ClN2O3. The zero-order valence-corrected chi connectivity index (χ0v) is 16.8. The minimum absolute atomic E-state index is 0.0530. The number of amides is 1. The molecule has 4 aromatic rings. The molecule has 0 aliphatic rings. The van der Waals surface area contributed by atoms with Gasteiger partial charge >= 0.3 is 5.97 Å². The summed E-state index contributed by atoms with van der Waals surface area (Å²) in [6, 6.07) is 19.8. The molecule has 4 rings (SSSR count). The lowest BCUT2D eigenvalue weighted by Crippen LogP contribution is -2.16. The number of rotatable bonds is 4. The van der Waals surface area contributed by atoms with Crippen LogP contribution < -0.4 is 5.32 Å². The minimum atomic E-state index is -1.16. The Morgan fingerprint density at radius 3 is 2.57 bits per heavy atom. The number of aryl methyl sites for hydroxylation is 1. The van der Waals surface area contributed by atoms with Gasteiger partial charge in [-0.2, -0.15) is 0 Å². The summed E-state index contributed by atoms with van der Waals surface area (Å²) < 4.78 is 0. The fraction of sp³-hybridized carbons (Fsp3) is 0.0417. The lowest BCUT2D eigenvalue weighted by atomic mass is 9.99. The van der Waals surface area contributed by atoms with Gasteiger partial charge in [0.25, 0.3) is 5.91 Å². The fourth-order valence-electron chi connectivity index (χ4n) is 3.43. The number of hydrogen-bond donors (Lipinski definition) is 2. The van der Waals surface area contributed by atoms with Crippen molar-refractivity contribution in [3.63, 3.8) is 0 Å². The van der Waals surface area contributed by atoms with Crippen LogP contribution in [0.2, 0.25) is 5.02 Å². The van der Waals surface area contributed by atoms with Crippen LogP contribution in [0.25, 0.3) is 22.0 Å². The number of para-hydroxylation sites is 1. The second-order valence-electron chi connectivity index (χ2n) is 6.87. The third kappa shape index (κ3) is 3.75. The first kappa shape index (κ1) is 19.6. The first-order chi connectivity index (χ1) is 14.4. The predicted octanol–water partition coefficient (Wildman–Crippen LogP) is 5.81. The van der Waals surface area contributed by atoms with Gasteiger partial charge in [0.1, 0.15) is 0 Å². The number of halogens is 1. The lowest BCUT2D eigenvalue weighted by Gasteiger charge is -2.13. The molecule has 0 fully saturated rings. The van der Waals surface area contributed by atoms with Gasteiger partial charge in [-0.15, -0.1) is 0 Å². The Balaban J connectivity index is 1.72. The van der Waals surface area contributed by atoms with E-state index in [0.717, 1.165) is 22.0 Å². The van der Waals surface area contributed by atoms with E-state index in [1.807, 2.05) is 36.4 Å². The molecule has 3 aromatic carbocycles. The molecule has 148 valence electrons.